The van der Waals surface area contributed by atoms with Crippen LogP contribution in [0.1, 0.15) is 39.0 Å². The fourth-order valence-corrected chi connectivity index (χ4v) is 2.29. The molecule has 0 bridgehead atoms. The second-order valence-electron chi connectivity index (χ2n) is 4.92. The summed E-state index contributed by atoms with van der Waals surface area (Å²) in [5.41, 5.74) is 2.09. The van der Waals surface area contributed by atoms with E-state index in [2.05, 4.69) is 10.6 Å². The molecule has 0 aromatic heterocycles. The van der Waals surface area contributed by atoms with E-state index < -0.39 is 0 Å². The van der Waals surface area contributed by atoms with Gasteiger partial charge in [-0.1, -0.05) is 12.0 Å². The first-order valence-electron chi connectivity index (χ1n) is 7.26. The van der Waals surface area contributed by atoms with Crippen molar-refractivity contribution in [2.45, 2.75) is 39.0 Å². The van der Waals surface area contributed by atoms with Gasteiger partial charge in [0.2, 0.25) is 0 Å². The highest BCUT2D eigenvalue weighted by atomic mass is 16.5. The van der Waals surface area contributed by atoms with Gasteiger partial charge in [-0.3, -0.25) is 0 Å². The molecular formula is C16H22N2O2. The van der Waals surface area contributed by atoms with Crippen LogP contribution in [-0.4, -0.2) is 12.6 Å². The Morgan fingerprint density at radius 2 is 1.90 bits per heavy atom. The summed E-state index contributed by atoms with van der Waals surface area (Å²) in [6, 6.07) is 7.15. The highest BCUT2D eigenvalue weighted by molar-refractivity contribution is 5.89. The summed E-state index contributed by atoms with van der Waals surface area (Å²) in [7, 11) is 0. The minimum Gasteiger partial charge on any atom is -0.494 e. The molecule has 2 amide bonds. The largest absolute Gasteiger partial charge is 0.494 e. The molecule has 1 aliphatic rings. The number of anilines is 1. The van der Waals surface area contributed by atoms with E-state index in [0.29, 0.717) is 6.61 Å². The lowest BCUT2D eigenvalue weighted by atomic mass is 9.96. The molecule has 0 unspecified atom stereocenters. The first-order valence-corrected chi connectivity index (χ1v) is 7.26. The average Bonchev–Trinajstić information content (AvgIpc) is 2.49. The van der Waals surface area contributed by atoms with E-state index >= 15 is 0 Å². The summed E-state index contributed by atoms with van der Waals surface area (Å²) < 4.78 is 5.35. The zero-order valence-electron chi connectivity index (χ0n) is 11.9. The molecular weight excluding hydrogens is 252 g/mol. The molecule has 1 aliphatic carbocycles. The number of carbonyl (C=O) groups excluding carboxylic acids is 1. The Labute approximate surface area is 120 Å². The number of carbonyl (C=O) groups is 1. The normalized spacial score (nSPS) is 14.6. The molecule has 0 atom stereocenters. The Balaban J connectivity index is 1.81. The van der Waals surface area contributed by atoms with Gasteiger partial charge < -0.3 is 15.4 Å². The molecule has 0 radical (unpaired) electrons. The lowest BCUT2D eigenvalue weighted by Crippen LogP contribution is -2.24. The van der Waals surface area contributed by atoms with E-state index in [1.807, 2.05) is 37.4 Å². The third kappa shape index (κ3) is 4.61. The molecule has 2 N–H and O–H groups in total. The van der Waals surface area contributed by atoms with Gasteiger partial charge in [0.1, 0.15) is 5.75 Å². The molecule has 108 valence electrons. The maximum atomic E-state index is 11.8. The molecule has 1 aromatic carbocycles. The van der Waals surface area contributed by atoms with Crippen LogP contribution in [0.4, 0.5) is 10.5 Å². The van der Waals surface area contributed by atoms with E-state index in [1.54, 1.807) is 0 Å². The molecule has 0 spiro atoms. The molecule has 0 saturated heterocycles. The van der Waals surface area contributed by atoms with E-state index in [-0.39, 0.29) is 6.03 Å². The van der Waals surface area contributed by atoms with Crippen molar-refractivity contribution >= 4 is 11.7 Å². The summed E-state index contributed by atoms with van der Waals surface area (Å²) >= 11 is 0. The Kier molecular flexibility index (Phi) is 5.47. The van der Waals surface area contributed by atoms with Crippen molar-refractivity contribution < 1.29 is 9.53 Å². The number of allylic oxidation sites excluding steroid dienone is 1. The van der Waals surface area contributed by atoms with E-state index in [4.69, 9.17) is 4.74 Å². The first kappa shape index (κ1) is 14.4. The standard InChI is InChI=1S/C16H22N2O2/c1-2-20-15-10-8-14(9-11-15)18-16(19)17-12-13-6-4-3-5-7-13/h8-12H,2-7H2,1H3,(H2,17,18,19). The number of rotatable bonds is 4. The number of hydrogen-bond acceptors (Lipinski definition) is 2. The number of nitrogens with one attached hydrogen (secondary N) is 2. The Morgan fingerprint density at radius 1 is 1.20 bits per heavy atom. The van der Waals surface area contributed by atoms with Crippen molar-refractivity contribution in [3.63, 3.8) is 0 Å². The van der Waals surface area contributed by atoms with E-state index in [1.165, 1.54) is 24.8 Å². The summed E-state index contributed by atoms with van der Waals surface area (Å²) in [4.78, 5) is 11.8. The van der Waals surface area contributed by atoms with Crippen LogP contribution in [0, 0.1) is 0 Å². The van der Waals surface area contributed by atoms with Gasteiger partial charge in [0.25, 0.3) is 0 Å². The third-order valence-corrected chi connectivity index (χ3v) is 3.33. The zero-order chi connectivity index (χ0) is 14.2. The highest BCUT2D eigenvalue weighted by Crippen LogP contribution is 2.21. The van der Waals surface area contributed by atoms with Crippen molar-refractivity contribution in [3.8, 4) is 5.75 Å². The Bertz CT molecular complexity index is 458. The zero-order valence-corrected chi connectivity index (χ0v) is 11.9. The SMILES string of the molecule is CCOc1ccc(NC(=O)NC=C2CCCCC2)cc1. The average molecular weight is 274 g/mol. The second kappa shape index (κ2) is 7.58. The van der Waals surface area contributed by atoms with E-state index in [9.17, 15) is 4.79 Å². The van der Waals surface area contributed by atoms with Crippen molar-refractivity contribution in [2.24, 2.45) is 0 Å². The van der Waals surface area contributed by atoms with Gasteiger partial charge in [0.15, 0.2) is 0 Å². The van der Waals surface area contributed by atoms with Crippen LogP contribution in [0.25, 0.3) is 0 Å². The maximum Gasteiger partial charge on any atom is 0.323 e. The lowest BCUT2D eigenvalue weighted by molar-refractivity contribution is 0.255. The number of amides is 2. The van der Waals surface area contributed by atoms with E-state index in [0.717, 1.165) is 24.3 Å². The van der Waals surface area contributed by atoms with Crippen LogP contribution in [0.15, 0.2) is 36.0 Å². The molecule has 4 nitrogen and oxygen atoms in total. The minimum absolute atomic E-state index is 0.202. The fourth-order valence-electron chi connectivity index (χ4n) is 2.29. The van der Waals surface area contributed by atoms with Crippen molar-refractivity contribution in [2.75, 3.05) is 11.9 Å². The first-order chi connectivity index (χ1) is 9.78. The number of ether oxygens (including phenoxy) is 1. The monoisotopic (exact) mass is 274 g/mol. The smallest absolute Gasteiger partial charge is 0.323 e. The minimum atomic E-state index is -0.202. The summed E-state index contributed by atoms with van der Waals surface area (Å²) in [5, 5.41) is 5.60. The third-order valence-electron chi connectivity index (χ3n) is 3.33. The van der Waals surface area contributed by atoms with Crippen LogP contribution in [0.2, 0.25) is 0 Å². The summed E-state index contributed by atoms with van der Waals surface area (Å²) in [5.74, 6) is 0.808. The maximum absolute atomic E-state index is 11.8. The van der Waals surface area contributed by atoms with Gasteiger partial charge in [-0.25, -0.2) is 4.79 Å². The van der Waals surface area contributed by atoms with Crippen LogP contribution < -0.4 is 15.4 Å². The highest BCUT2D eigenvalue weighted by Gasteiger charge is 2.06. The molecule has 0 aliphatic heterocycles. The van der Waals surface area contributed by atoms with Gasteiger partial charge in [-0.2, -0.15) is 0 Å². The predicted molar refractivity (Wildman–Crippen MR) is 80.9 cm³/mol. The van der Waals surface area contributed by atoms with Crippen molar-refractivity contribution in [1.29, 1.82) is 0 Å². The van der Waals surface area contributed by atoms with Crippen molar-refractivity contribution in [3.05, 3.63) is 36.0 Å². The van der Waals surface area contributed by atoms with Crippen LogP contribution in [0.5, 0.6) is 5.75 Å². The second-order valence-corrected chi connectivity index (χ2v) is 4.92. The lowest BCUT2D eigenvalue weighted by Gasteiger charge is -2.13. The number of hydrogen-bond donors (Lipinski definition) is 2. The van der Waals surface area contributed by atoms with Gasteiger partial charge in [0.05, 0.1) is 6.61 Å². The quantitative estimate of drug-likeness (QED) is 0.870. The molecule has 1 fully saturated rings. The van der Waals surface area contributed by atoms with Crippen LogP contribution in [0.3, 0.4) is 0 Å². The number of urea groups is 1. The summed E-state index contributed by atoms with van der Waals surface area (Å²) in [6.45, 7) is 2.58. The predicted octanol–water partition coefficient (Wildman–Crippen LogP) is 4.05. The fraction of sp³-hybridized carbons (Fsp3) is 0.438. The van der Waals surface area contributed by atoms with Crippen molar-refractivity contribution in [1.82, 2.24) is 5.32 Å². The molecule has 2 rings (SSSR count). The number of benzene rings is 1. The van der Waals surface area contributed by atoms with Gasteiger partial charge >= 0.3 is 6.03 Å². The Morgan fingerprint density at radius 3 is 2.55 bits per heavy atom. The molecule has 1 aromatic rings. The van der Waals surface area contributed by atoms with Gasteiger partial charge in [-0.05, 0) is 56.9 Å². The van der Waals surface area contributed by atoms with Gasteiger partial charge in [-0.15, -0.1) is 0 Å². The molecule has 4 heteroatoms. The topological polar surface area (TPSA) is 50.4 Å². The molecule has 20 heavy (non-hydrogen) atoms. The summed E-state index contributed by atoms with van der Waals surface area (Å²) in [6.07, 6.45) is 7.81. The molecule has 0 heterocycles. The van der Waals surface area contributed by atoms with Crippen LogP contribution in [-0.2, 0) is 0 Å². The Hall–Kier alpha value is -1.97. The molecule has 1 saturated carbocycles. The van der Waals surface area contributed by atoms with Gasteiger partial charge in [0, 0.05) is 11.9 Å². The van der Waals surface area contributed by atoms with Crippen LogP contribution >= 0.6 is 0 Å².